The summed E-state index contributed by atoms with van der Waals surface area (Å²) in [5.74, 6) is 0. The van der Waals surface area contributed by atoms with E-state index >= 15 is 0 Å². The SMILES string of the molecule is CC(=C(CO)c1ccccc1)c1ccccc1. The topological polar surface area (TPSA) is 20.2 Å². The first-order chi connectivity index (χ1) is 8.33. The molecule has 0 aliphatic heterocycles. The highest BCUT2D eigenvalue weighted by atomic mass is 16.3. The smallest absolute Gasteiger partial charge is 0.0690 e. The third-order valence-electron chi connectivity index (χ3n) is 2.94. The van der Waals surface area contributed by atoms with Crippen molar-refractivity contribution < 1.29 is 5.11 Å². The highest BCUT2D eigenvalue weighted by Gasteiger charge is 2.05. The summed E-state index contributed by atoms with van der Waals surface area (Å²) in [4.78, 5) is 0. The molecule has 0 saturated carbocycles. The summed E-state index contributed by atoms with van der Waals surface area (Å²) >= 11 is 0. The van der Waals surface area contributed by atoms with Gasteiger partial charge in [0.2, 0.25) is 0 Å². The Bertz CT molecular complexity index is 498. The molecule has 2 aromatic rings. The molecular formula is C16H16O. The standard InChI is InChI=1S/C16H16O/c1-13(14-8-4-2-5-9-14)16(12-17)15-10-6-3-7-11-15/h2-11,17H,12H2,1H3. The van der Waals surface area contributed by atoms with E-state index in [1.807, 2.05) is 55.5 Å². The summed E-state index contributed by atoms with van der Waals surface area (Å²) in [6.45, 7) is 2.11. The predicted octanol–water partition coefficient (Wildman–Crippen LogP) is 3.61. The Balaban J connectivity index is 2.48. The third kappa shape index (κ3) is 2.63. The molecule has 2 rings (SSSR count). The first-order valence-electron chi connectivity index (χ1n) is 5.74. The molecular weight excluding hydrogens is 208 g/mol. The van der Waals surface area contributed by atoms with E-state index in [9.17, 15) is 5.11 Å². The van der Waals surface area contributed by atoms with E-state index in [1.54, 1.807) is 0 Å². The van der Waals surface area contributed by atoms with E-state index in [1.165, 1.54) is 0 Å². The number of allylic oxidation sites excluding steroid dienone is 1. The van der Waals surface area contributed by atoms with Gasteiger partial charge in [0.05, 0.1) is 6.61 Å². The van der Waals surface area contributed by atoms with E-state index in [0.29, 0.717) is 0 Å². The van der Waals surface area contributed by atoms with Crippen LogP contribution in [0, 0.1) is 0 Å². The van der Waals surface area contributed by atoms with E-state index in [-0.39, 0.29) is 6.61 Å². The van der Waals surface area contributed by atoms with Crippen LogP contribution < -0.4 is 0 Å². The van der Waals surface area contributed by atoms with Crippen molar-refractivity contribution in [2.75, 3.05) is 6.61 Å². The summed E-state index contributed by atoms with van der Waals surface area (Å²) in [6, 6.07) is 20.2. The molecule has 0 atom stereocenters. The normalized spacial score (nSPS) is 12.1. The number of aliphatic hydroxyl groups is 1. The largest absolute Gasteiger partial charge is 0.392 e. The lowest BCUT2D eigenvalue weighted by Crippen LogP contribution is -1.94. The van der Waals surface area contributed by atoms with Crippen molar-refractivity contribution in [2.45, 2.75) is 6.92 Å². The molecule has 1 N–H and O–H groups in total. The highest BCUT2D eigenvalue weighted by Crippen LogP contribution is 2.25. The molecule has 1 nitrogen and oxygen atoms in total. The van der Waals surface area contributed by atoms with Gasteiger partial charge >= 0.3 is 0 Å². The second kappa shape index (κ2) is 5.46. The maximum Gasteiger partial charge on any atom is 0.0690 e. The van der Waals surface area contributed by atoms with Crippen LogP contribution in [-0.4, -0.2) is 11.7 Å². The second-order valence-corrected chi connectivity index (χ2v) is 3.99. The van der Waals surface area contributed by atoms with E-state index < -0.39 is 0 Å². The van der Waals surface area contributed by atoms with Gasteiger partial charge in [0.25, 0.3) is 0 Å². The number of aliphatic hydroxyl groups excluding tert-OH is 1. The van der Waals surface area contributed by atoms with Crippen LogP contribution in [0.5, 0.6) is 0 Å². The van der Waals surface area contributed by atoms with E-state index in [0.717, 1.165) is 22.3 Å². The van der Waals surface area contributed by atoms with Gasteiger partial charge in [-0.2, -0.15) is 0 Å². The Kier molecular flexibility index (Phi) is 3.73. The van der Waals surface area contributed by atoms with Crippen LogP contribution in [0.25, 0.3) is 11.1 Å². The monoisotopic (exact) mass is 224 g/mol. The molecule has 2 aromatic carbocycles. The van der Waals surface area contributed by atoms with Crippen molar-refractivity contribution in [2.24, 2.45) is 0 Å². The highest BCUT2D eigenvalue weighted by molar-refractivity contribution is 5.90. The van der Waals surface area contributed by atoms with Crippen LogP contribution in [0.3, 0.4) is 0 Å². The first-order valence-corrected chi connectivity index (χ1v) is 5.74. The van der Waals surface area contributed by atoms with Gasteiger partial charge in [0.1, 0.15) is 0 Å². The summed E-state index contributed by atoms with van der Waals surface area (Å²) in [5.41, 5.74) is 4.34. The molecule has 17 heavy (non-hydrogen) atoms. The molecule has 86 valence electrons. The summed E-state index contributed by atoms with van der Waals surface area (Å²) < 4.78 is 0. The fourth-order valence-corrected chi connectivity index (χ4v) is 1.93. The van der Waals surface area contributed by atoms with Crippen molar-refractivity contribution in [1.82, 2.24) is 0 Å². The number of hydrogen-bond donors (Lipinski definition) is 1. The molecule has 0 fully saturated rings. The summed E-state index contributed by atoms with van der Waals surface area (Å²) in [6.07, 6.45) is 0. The summed E-state index contributed by atoms with van der Waals surface area (Å²) in [5, 5.41) is 9.55. The zero-order chi connectivity index (χ0) is 12.1. The molecule has 0 spiro atoms. The molecule has 0 aliphatic carbocycles. The molecule has 0 saturated heterocycles. The van der Waals surface area contributed by atoms with Crippen LogP contribution in [0.4, 0.5) is 0 Å². The van der Waals surface area contributed by atoms with Gasteiger partial charge in [-0.1, -0.05) is 60.7 Å². The van der Waals surface area contributed by atoms with Crippen LogP contribution in [0.2, 0.25) is 0 Å². The Hall–Kier alpha value is -1.86. The van der Waals surface area contributed by atoms with Gasteiger partial charge in [0, 0.05) is 0 Å². The van der Waals surface area contributed by atoms with E-state index in [2.05, 4.69) is 12.1 Å². The molecule has 0 radical (unpaired) electrons. The van der Waals surface area contributed by atoms with Gasteiger partial charge in [-0.3, -0.25) is 0 Å². The Morgan fingerprint density at radius 3 is 1.76 bits per heavy atom. The lowest BCUT2D eigenvalue weighted by Gasteiger charge is -2.10. The molecule has 1 heteroatoms. The third-order valence-corrected chi connectivity index (χ3v) is 2.94. The lowest BCUT2D eigenvalue weighted by molar-refractivity contribution is 0.350. The van der Waals surface area contributed by atoms with Gasteiger partial charge in [-0.05, 0) is 29.2 Å². The molecule has 0 bridgehead atoms. The second-order valence-electron chi connectivity index (χ2n) is 3.99. The van der Waals surface area contributed by atoms with Gasteiger partial charge in [-0.15, -0.1) is 0 Å². The Morgan fingerprint density at radius 2 is 1.29 bits per heavy atom. The molecule has 0 aromatic heterocycles. The molecule has 0 aliphatic rings. The molecule has 0 unspecified atom stereocenters. The Labute approximate surface area is 102 Å². The minimum absolute atomic E-state index is 0.0603. The minimum Gasteiger partial charge on any atom is -0.392 e. The average Bonchev–Trinajstić information content (AvgIpc) is 2.42. The van der Waals surface area contributed by atoms with Crippen LogP contribution in [0.1, 0.15) is 18.1 Å². The molecule has 0 heterocycles. The quantitative estimate of drug-likeness (QED) is 0.790. The van der Waals surface area contributed by atoms with Crippen LogP contribution in [0.15, 0.2) is 60.7 Å². The number of benzene rings is 2. The number of rotatable bonds is 3. The van der Waals surface area contributed by atoms with Crippen molar-refractivity contribution in [3.8, 4) is 0 Å². The fraction of sp³-hybridized carbons (Fsp3) is 0.125. The van der Waals surface area contributed by atoms with Gasteiger partial charge in [0.15, 0.2) is 0 Å². The van der Waals surface area contributed by atoms with Crippen molar-refractivity contribution in [1.29, 1.82) is 0 Å². The Morgan fingerprint density at radius 1 is 0.824 bits per heavy atom. The predicted molar refractivity (Wildman–Crippen MR) is 72.5 cm³/mol. The average molecular weight is 224 g/mol. The first kappa shape index (κ1) is 11.6. The van der Waals surface area contributed by atoms with Crippen LogP contribution in [-0.2, 0) is 0 Å². The zero-order valence-electron chi connectivity index (χ0n) is 9.93. The van der Waals surface area contributed by atoms with Gasteiger partial charge < -0.3 is 5.11 Å². The fourth-order valence-electron chi connectivity index (χ4n) is 1.93. The lowest BCUT2D eigenvalue weighted by atomic mass is 9.96. The van der Waals surface area contributed by atoms with Crippen LogP contribution >= 0.6 is 0 Å². The van der Waals surface area contributed by atoms with Gasteiger partial charge in [-0.25, -0.2) is 0 Å². The van der Waals surface area contributed by atoms with E-state index in [4.69, 9.17) is 0 Å². The van der Waals surface area contributed by atoms with Crippen molar-refractivity contribution >= 4 is 11.1 Å². The maximum atomic E-state index is 9.55. The maximum absolute atomic E-state index is 9.55. The molecule has 0 amide bonds. The zero-order valence-corrected chi connectivity index (χ0v) is 9.93. The number of hydrogen-bond acceptors (Lipinski definition) is 1. The minimum atomic E-state index is 0.0603. The summed E-state index contributed by atoms with van der Waals surface area (Å²) in [7, 11) is 0. The van der Waals surface area contributed by atoms with Crippen molar-refractivity contribution in [3.05, 3.63) is 71.8 Å². The van der Waals surface area contributed by atoms with Crippen molar-refractivity contribution in [3.63, 3.8) is 0 Å².